The second kappa shape index (κ2) is 6.55. The van der Waals surface area contributed by atoms with E-state index < -0.39 is 0 Å². The lowest BCUT2D eigenvalue weighted by Gasteiger charge is -2.11. The summed E-state index contributed by atoms with van der Waals surface area (Å²) in [6.45, 7) is 5.37. The van der Waals surface area contributed by atoms with Gasteiger partial charge in [0, 0.05) is 19.3 Å². The standard InChI is InChI=1S/C11H19N7/c1-3-6-18(2)7-4-5-15-10-8(12)9(13)16-11(14)17-10/h3,5H,1,4,6-7,12H2,2H3,(H4,13,14,16,17)/i1+1,3+1,4+1,5+1,6+1,7+1. The predicted molar refractivity (Wildman–Crippen MR) is 75.7 cm³/mol. The number of anilines is 3. The molecule has 1 aromatic rings. The summed E-state index contributed by atoms with van der Waals surface area (Å²) in [4.78, 5) is 13.9. The van der Waals surface area contributed by atoms with E-state index in [4.69, 9.17) is 17.2 Å². The van der Waals surface area contributed by atoms with Gasteiger partial charge in [0.15, 0.2) is 11.6 Å². The van der Waals surface area contributed by atoms with Crippen LogP contribution in [-0.4, -0.2) is 41.2 Å². The molecule has 7 heteroatoms. The van der Waals surface area contributed by atoms with Crippen molar-refractivity contribution in [3.8, 4) is 0 Å². The number of nitrogens with two attached hydrogens (primary N) is 3. The van der Waals surface area contributed by atoms with Crippen LogP contribution in [0.5, 0.6) is 0 Å². The molecule has 0 aromatic carbocycles. The van der Waals surface area contributed by atoms with Gasteiger partial charge >= 0.3 is 0 Å². The predicted octanol–water partition coefficient (Wildman–Crippen LogP) is 0.433. The van der Waals surface area contributed by atoms with Gasteiger partial charge < -0.3 is 22.1 Å². The highest BCUT2D eigenvalue weighted by Crippen LogP contribution is 2.24. The van der Waals surface area contributed by atoms with Crippen molar-refractivity contribution in [3.05, 3.63) is 12.7 Å². The van der Waals surface area contributed by atoms with Gasteiger partial charge in [-0.15, -0.1) is 6.58 Å². The Kier molecular flexibility index (Phi) is 5.06. The van der Waals surface area contributed by atoms with Gasteiger partial charge in [-0.1, -0.05) is 6.08 Å². The third-order valence-electron chi connectivity index (χ3n) is 2.27. The summed E-state index contributed by atoms with van der Waals surface area (Å²) in [5, 5.41) is 0. The van der Waals surface area contributed by atoms with Gasteiger partial charge in [-0.05, 0) is 13.5 Å². The normalized spacial score (nSPS) is 11.2. The molecule has 1 aromatic heterocycles. The first-order valence-corrected chi connectivity index (χ1v) is 5.55. The van der Waals surface area contributed by atoms with Crippen LogP contribution in [0.4, 0.5) is 23.3 Å². The fraction of sp³-hybridized carbons (Fsp3) is 0.364. The number of rotatable bonds is 6. The molecular formula is C11H19N7. The molecule has 18 heavy (non-hydrogen) atoms. The Morgan fingerprint density at radius 3 is 2.72 bits per heavy atom. The number of nitrogen functional groups attached to an aromatic ring is 3. The molecule has 0 unspecified atom stereocenters. The summed E-state index contributed by atoms with van der Waals surface area (Å²) in [5.41, 5.74) is 17.0. The highest BCUT2D eigenvalue weighted by molar-refractivity contribution is 5.75. The van der Waals surface area contributed by atoms with Gasteiger partial charge in [-0.25, -0.2) is 4.99 Å². The van der Waals surface area contributed by atoms with Crippen molar-refractivity contribution < 1.29 is 0 Å². The number of nitrogens with zero attached hydrogens (tertiary/aromatic N) is 4. The van der Waals surface area contributed by atoms with Crippen molar-refractivity contribution in [1.29, 1.82) is 0 Å². The van der Waals surface area contributed by atoms with E-state index in [0.29, 0.717) is 5.82 Å². The molecule has 0 amide bonds. The lowest BCUT2D eigenvalue weighted by Crippen LogP contribution is -2.19. The zero-order valence-electron chi connectivity index (χ0n) is 10.5. The third kappa shape index (κ3) is 4.02. The molecule has 0 radical (unpaired) electrons. The molecule has 0 atom stereocenters. The minimum absolute atomic E-state index is 0.0672. The van der Waals surface area contributed by atoms with E-state index in [1.165, 1.54) is 0 Å². The maximum absolute atomic E-state index is 5.70. The third-order valence-corrected chi connectivity index (χ3v) is 2.27. The highest BCUT2D eigenvalue weighted by atomic mass is 15.4. The van der Waals surface area contributed by atoms with Crippen molar-refractivity contribution in [2.75, 3.05) is 37.3 Å². The molecule has 0 saturated carbocycles. The molecule has 1 heterocycles. The number of hydrogen-bond acceptors (Lipinski definition) is 7. The van der Waals surface area contributed by atoms with Gasteiger partial charge in [-0.3, -0.25) is 0 Å². The summed E-state index contributed by atoms with van der Waals surface area (Å²) in [5.74, 6) is 0.530. The van der Waals surface area contributed by atoms with Crippen LogP contribution < -0.4 is 17.2 Å². The van der Waals surface area contributed by atoms with Crippen LogP contribution >= 0.6 is 0 Å². The molecule has 0 saturated heterocycles. The van der Waals surface area contributed by atoms with E-state index in [0.717, 1.165) is 19.5 Å². The highest BCUT2D eigenvalue weighted by Gasteiger charge is 2.05. The second-order valence-electron chi connectivity index (χ2n) is 3.86. The first-order valence-electron chi connectivity index (χ1n) is 5.55. The quantitative estimate of drug-likeness (QED) is 0.385. The molecule has 98 valence electrons. The minimum Gasteiger partial charge on any atom is -0.393 e. The minimum atomic E-state index is 0.0672. The average Bonchev–Trinajstić information content (AvgIpc) is 2.31. The van der Waals surface area contributed by atoms with Crippen LogP contribution in [0.2, 0.25) is 0 Å². The first kappa shape index (κ1) is 13.9. The van der Waals surface area contributed by atoms with Gasteiger partial charge in [0.2, 0.25) is 5.95 Å². The number of aromatic nitrogens is 2. The second-order valence-corrected chi connectivity index (χ2v) is 3.86. The summed E-state index contributed by atoms with van der Waals surface area (Å²) < 4.78 is 0. The van der Waals surface area contributed by atoms with E-state index >= 15 is 0 Å². The van der Waals surface area contributed by atoms with Gasteiger partial charge in [0.1, 0.15) is 5.69 Å². The molecule has 6 N–H and O–H groups in total. The van der Waals surface area contributed by atoms with E-state index in [2.05, 4.69) is 26.4 Å². The molecule has 0 fully saturated rings. The zero-order chi connectivity index (χ0) is 13.5. The lowest BCUT2D eigenvalue weighted by atomic mass is 10.4. The Morgan fingerprint density at radius 1 is 1.33 bits per heavy atom. The fourth-order valence-electron chi connectivity index (χ4n) is 1.33. The van der Waals surface area contributed by atoms with Crippen LogP contribution in [0.3, 0.4) is 0 Å². The van der Waals surface area contributed by atoms with Gasteiger partial charge in [-0.2, -0.15) is 9.97 Å². The van der Waals surface area contributed by atoms with Crippen LogP contribution in [0.1, 0.15) is 6.42 Å². The van der Waals surface area contributed by atoms with Gasteiger partial charge in [0.25, 0.3) is 0 Å². The maximum atomic E-state index is 5.70. The topological polar surface area (TPSA) is 119 Å². The van der Waals surface area contributed by atoms with Crippen molar-refractivity contribution in [3.63, 3.8) is 0 Å². The Balaban J connectivity index is 2.59. The molecule has 0 aliphatic rings. The van der Waals surface area contributed by atoms with E-state index in [-0.39, 0.29) is 17.5 Å². The fourth-order valence-corrected chi connectivity index (χ4v) is 1.33. The van der Waals surface area contributed by atoms with Crippen molar-refractivity contribution in [1.82, 2.24) is 14.9 Å². The van der Waals surface area contributed by atoms with E-state index in [1.807, 2.05) is 13.1 Å². The smallest absolute Gasteiger partial charge is 0.224 e. The number of hydrogen-bond donors (Lipinski definition) is 3. The molecular weight excluding hydrogens is 236 g/mol. The van der Waals surface area contributed by atoms with Crippen LogP contribution in [-0.2, 0) is 0 Å². The van der Waals surface area contributed by atoms with Crippen LogP contribution in [0.15, 0.2) is 17.6 Å². The Hall–Kier alpha value is -2.15. The van der Waals surface area contributed by atoms with Crippen molar-refractivity contribution in [2.45, 2.75) is 6.42 Å². The number of likely N-dealkylation sites (N-methyl/N-ethyl adjacent to an activating group) is 1. The summed E-state index contributed by atoms with van der Waals surface area (Å²) >= 11 is 0. The SMILES string of the molecule is CN([13CH2][13CH]=[13CH2])[13CH2][13CH2][13CH]=Nc1nc(N)nc(N)c1N. The van der Waals surface area contributed by atoms with Crippen molar-refractivity contribution in [2.24, 2.45) is 4.99 Å². The Labute approximate surface area is 106 Å². The molecule has 0 bridgehead atoms. The van der Waals surface area contributed by atoms with Crippen molar-refractivity contribution >= 4 is 29.5 Å². The molecule has 1 rings (SSSR count). The van der Waals surface area contributed by atoms with Gasteiger partial charge in [0.05, 0.1) is 0 Å². The summed E-state index contributed by atoms with van der Waals surface area (Å²) in [7, 11) is 2.00. The number of aliphatic imine (C=N–C) groups is 1. The largest absolute Gasteiger partial charge is 0.393 e. The van der Waals surface area contributed by atoms with E-state index in [1.54, 1.807) is 6.21 Å². The molecule has 0 aliphatic heterocycles. The summed E-state index contributed by atoms with van der Waals surface area (Å²) in [6, 6.07) is 0. The zero-order valence-corrected chi connectivity index (χ0v) is 10.5. The Bertz CT molecular complexity index is 441. The van der Waals surface area contributed by atoms with E-state index in [9.17, 15) is 0 Å². The molecule has 0 spiro atoms. The Morgan fingerprint density at radius 2 is 2.06 bits per heavy atom. The lowest BCUT2D eigenvalue weighted by molar-refractivity contribution is 0.383. The van der Waals surface area contributed by atoms with Crippen LogP contribution in [0, 0.1) is 0 Å². The maximum Gasteiger partial charge on any atom is 0.224 e. The average molecular weight is 255 g/mol. The first-order chi connectivity index (χ1) is 8.54. The summed E-state index contributed by atoms with van der Waals surface area (Å²) in [6.07, 6.45) is 4.35. The van der Waals surface area contributed by atoms with Crippen LogP contribution in [0.25, 0.3) is 0 Å². The molecule has 7 nitrogen and oxygen atoms in total. The molecule has 0 aliphatic carbocycles. The monoisotopic (exact) mass is 255 g/mol.